The van der Waals surface area contributed by atoms with E-state index in [0.717, 1.165) is 11.3 Å². The number of hydrogen-bond donors (Lipinski definition) is 2. The van der Waals surface area contributed by atoms with Crippen molar-refractivity contribution in [1.82, 2.24) is 0 Å². The van der Waals surface area contributed by atoms with E-state index in [1.807, 2.05) is 30.3 Å². The highest BCUT2D eigenvalue weighted by molar-refractivity contribution is 8.27. The predicted molar refractivity (Wildman–Crippen MR) is 137 cm³/mol. The second-order valence-electron chi connectivity index (χ2n) is 7.15. The van der Waals surface area contributed by atoms with Gasteiger partial charge in [-0.05, 0) is 60.2 Å². The number of aromatic hydroxyl groups is 1. The SMILES string of the molecule is COc1cc(/C=C2\SC(=S)N(c3ccccc3)C2=O)ccc1OCC(=O)Nc1ccc(O)cc1. The zero-order valence-electron chi connectivity index (χ0n) is 18.1. The van der Waals surface area contributed by atoms with E-state index in [-0.39, 0.29) is 24.2 Å². The van der Waals surface area contributed by atoms with Gasteiger partial charge < -0.3 is 19.9 Å². The molecule has 34 heavy (non-hydrogen) atoms. The number of thiocarbonyl (C=S) groups is 1. The smallest absolute Gasteiger partial charge is 0.270 e. The first-order valence-electron chi connectivity index (χ1n) is 10.2. The fourth-order valence-corrected chi connectivity index (χ4v) is 4.50. The number of para-hydroxylation sites is 1. The number of rotatable bonds is 7. The van der Waals surface area contributed by atoms with E-state index in [1.54, 1.807) is 36.4 Å². The summed E-state index contributed by atoms with van der Waals surface area (Å²) in [5, 5.41) is 12.0. The summed E-state index contributed by atoms with van der Waals surface area (Å²) < 4.78 is 11.5. The van der Waals surface area contributed by atoms with Crippen LogP contribution in [0, 0.1) is 0 Å². The van der Waals surface area contributed by atoms with E-state index in [4.69, 9.17) is 21.7 Å². The Labute approximate surface area is 206 Å². The van der Waals surface area contributed by atoms with Gasteiger partial charge in [-0.25, -0.2) is 0 Å². The van der Waals surface area contributed by atoms with Gasteiger partial charge in [0.25, 0.3) is 11.8 Å². The van der Waals surface area contributed by atoms with Crippen molar-refractivity contribution in [3.63, 3.8) is 0 Å². The Hall–Kier alpha value is -3.82. The van der Waals surface area contributed by atoms with Gasteiger partial charge in [-0.15, -0.1) is 0 Å². The van der Waals surface area contributed by atoms with Crippen molar-refractivity contribution in [2.45, 2.75) is 0 Å². The van der Waals surface area contributed by atoms with Crippen molar-refractivity contribution in [3.05, 3.63) is 83.3 Å². The summed E-state index contributed by atoms with van der Waals surface area (Å²) >= 11 is 6.64. The summed E-state index contributed by atoms with van der Waals surface area (Å²) in [6, 6.07) is 20.6. The van der Waals surface area contributed by atoms with Crippen LogP contribution in [-0.2, 0) is 9.59 Å². The van der Waals surface area contributed by atoms with Gasteiger partial charge in [0.2, 0.25) is 0 Å². The number of amides is 2. The van der Waals surface area contributed by atoms with Crippen LogP contribution in [0.2, 0.25) is 0 Å². The largest absolute Gasteiger partial charge is 0.508 e. The van der Waals surface area contributed by atoms with Crippen molar-refractivity contribution in [2.75, 3.05) is 23.9 Å². The highest BCUT2D eigenvalue weighted by Gasteiger charge is 2.33. The monoisotopic (exact) mass is 492 g/mol. The maximum atomic E-state index is 12.9. The van der Waals surface area contributed by atoms with Gasteiger partial charge in [0.1, 0.15) is 5.75 Å². The number of ether oxygens (including phenoxy) is 2. The third-order valence-electron chi connectivity index (χ3n) is 4.80. The van der Waals surface area contributed by atoms with Crippen LogP contribution in [0.5, 0.6) is 17.2 Å². The summed E-state index contributed by atoms with van der Waals surface area (Å²) in [6.07, 6.45) is 1.74. The van der Waals surface area contributed by atoms with Crippen LogP contribution in [0.15, 0.2) is 77.7 Å². The molecular weight excluding hydrogens is 472 g/mol. The van der Waals surface area contributed by atoms with Gasteiger partial charge in [0.15, 0.2) is 22.4 Å². The average Bonchev–Trinajstić information content (AvgIpc) is 3.12. The minimum atomic E-state index is -0.360. The standard InChI is InChI=1S/C25H20N2O5S2/c1-31-21-13-16(14-22-24(30)27(25(33)34-22)18-5-3-2-4-6-18)7-12-20(21)32-15-23(29)26-17-8-10-19(28)11-9-17/h2-14,28H,15H2,1H3,(H,26,29)/b22-14-. The highest BCUT2D eigenvalue weighted by Crippen LogP contribution is 2.37. The molecule has 0 aliphatic carbocycles. The lowest BCUT2D eigenvalue weighted by Crippen LogP contribution is -2.27. The molecular formula is C25H20N2O5S2. The number of hydrogen-bond acceptors (Lipinski definition) is 7. The third-order valence-corrected chi connectivity index (χ3v) is 6.11. The number of carbonyl (C=O) groups is 2. The first-order valence-corrected chi connectivity index (χ1v) is 11.4. The molecule has 0 saturated carbocycles. The molecule has 3 aromatic rings. The molecule has 1 fully saturated rings. The molecule has 0 unspecified atom stereocenters. The Morgan fingerprint density at radius 1 is 1.09 bits per heavy atom. The molecule has 0 spiro atoms. The Morgan fingerprint density at radius 2 is 1.82 bits per heavy atom. The van der Waals surface area contributed by atoms with Gasteiger partial charge >= 0.3 is 0 Å². The maximum absolute atomic E-state index is 12.9. The normalized spacial score (nSPS) is 14.4. The predicted octanol–water partition coefficient (Wildman–Crippen LogP) is 4.82. The molecule has 4 rings (SSSR count). The summed E-state index contributed by atoms with van der Waals surface area (Å²) in [4.78, 5) is 27.1. The number of carbonyl (C=O) groups excluding carboxylic acids is 2. The van der Waals surface area contributed by atoms with Crippen LogP contribution >= 0.6 is 24.0 Å². The second kappa shape index (κ2) is 10.4. The lowest BCUT2D eigenvalue weighted by molar-refractivity contribution is -0.118. The van der Waals surface area contributed by atoms with Gasteiger partial charge in [0.05, 0.1) is 17.7 Å². The van der Waals surface area contributed by atoms with Crippen molar-refractivity contribution < 1.29 is 24.2 Å². The zero-order valence-corrected chi connectivity index (χ0v) is 19.7. The van der Waals surface area contributed by atoms with E-state index in [0.29, 0.717) is 26.4 Å². The summed E-state index contributed by atoms with van der Waals surface area (Å²) in [6.45, 7) is -0.230. The molecule has 0 bridgehead atoms. The van der Waals surface area contributed by atoms with E-state index < -0.39 is 0 Å². The van der Waals surface area contributed by atoms with Crippen LogP contribution < -0.4 is 19.7 Å². The fourth-order valence-electron chi connectivity index (χ4n) is 3.20. The Morgan fingerprint density at radius 3 is 2.53 bits per heavy atom. The number of methoxy groups -OCH3 is 1. The van der Waals surface area contributed by atoms with E-state index in [2.05, 4.69) is 5.32 Å². The van der Waals surface area contributed by atoms with Crippen molar-refractivity contribution in [1.29, 1.82) is 0 Å². The minimum Gasteiger partial charge on any atom is -0.508 e. The quantitative estimate of drug-likeness (QED) is 0.278. The van der Waals surface area contributed by atoms with Crippen LogP contribution in [0.25, 0.3) is 6.08 Å². The molecule has 1 saturated heterocycles. The fraction of sp³-hybridized carbons (Fsp3) is 0.0800. The van der Waals surface area contributed by atoms with Crippen LogP contribution in [0.1, 0.15) is 5.56 Å². The average molecular weight is 493 g/mol. The second-order valence-corrected chi connectivity index (χ2v) is 8.82. The molecule has 1 heterocycles. The Balaban J connectivity index is 1.44. The molecule has 7 nitrogen and oxygen atoms in total. The van der Waals surface area contributed by atoms with Gasteiger partial charge in [-0.2, -0.15) is 0 Å². The molecule has 2 amide bonds. The number of thioether (sulfide) groups is 1. The number of benzene rings is 3. The zero-order chi connectivity index (χ0) is 24.1. The van der Waals surface area contributed by atoms with Crippen LogP contribution in [0.4, 0.5) is 11.4 Å². The number of phenolic OH excluding ortho intramolecular Hbond substituents is 1. The third kappa shape index (κ3) is 5.38. The van der Waals surface area contributed by atoms with Crippen molar-refractivity contribution >= 4 is 57.6 Å². The molecule has 1 aliphatic rings. The van der Waals surface area contributed by atoms with E-state index >= 15 is 0 Å². The van der Waals surface area contributed by atoms with Gasteiger partial charge in [0, 0.05) is 5.69 Å². The minimum absolute atomic E-state index is 0.112. The highest BCUT2D eigenvalue weighted by atomic mass is 32.2. The number of nitrogens with one attached hydrogen (secondary N) is 1. The molecule has 1 aliphatic heterocycles. The summed E-state index contributed by atoms with van der Waals surface area (Å²) in [5.74, 6) is 0.371. The molecule has 2 N–H and O–H groups in total. The molecule has 0 radical (unpaired) electrons. The molecule has 9 heteroatoms. The van der Waals surface area contributed by atoms with Gasteiger partial charge in [-0.3, -0.25) is 14.5 Å². The molecule has 0 aromatic heterocycles. The summed E-state index contributed by atoms with van der Waals surface area (Å²) in [7, 11) is 1.50. The van der Waals surface area contributed by atoms with Crippen LogP contribution in [-0.4, -0.2) is 35.0 Å². The van der Waals surface area contributed by atoms with Crippen molar-refractivity contribution in [3.8, 4) is 17.2 Å². The molecule has 172 valence electrons. The first kappa shape index (κ1) is 23.3. The van der Waals surface area contributed by atoms with Crippen LogP contribution in [0.3, 0.4) is 0 Å². The maximum Gasteiger partial charge on any atom is 0.270 e. The number of nitrogens with zero attached hydrogens (tertiary/aromatic N) is 1. The van der Waals surface area contributed by atoms with Crippen molar-refractivity contribution in [2.24, 2.45) is 0 Å². The molecule has 0 atom stereocenters. The lowest BCUT2D eigenvalue weighted by Gasteiger charge is -2.14. The van der Waals surface area contributed by atoms with Gasteiger partial charge in [-0.1, -0.05) is 48.2 Å². The lowest BCUT2D eigenvalue weighted by atomic mass is 10.2. The number of anilines is 2. The van der Waals surface area contributed by atoms with E-state index in [1.165, 1.54) is 35.9 Å². The Kier molecular flexibility index (Phi) is 7.15. The van der Waals surface area contributed by atoms with E-state index in [9.17, 15) is 14.7 Å². The summed E-state index contributed by atoms with van der Waals surface area (Å²) in [5.41, 5.74) is 1.99. The Bertz CT molecular complexity index is 1260. The number of phenols is 1. The topological polar surface area (TPSA) is 88.1 Å². The molecule has 3 aromatic carbocycles. The first-order chi connectivity index (χ1) is 16.4.